The summed E-state index contributed by atoms with van der Waals surface area (Å²) in [5.74, 6) is -0.0178. The molecule has 0 radical (unpaired) electrons. The number of nitrogens with zero attached hydrogens (tertiary/aromatic N) is 7. The van der Waals surface area contributed by atoms with Gasteiger partial charge in [-0.25, -0.2) is 9.97 Å². The number of ether oxygens (including phenoxy) is 1. The van der Waals surface area contributed by atoms with Gasteiger partial charge in [0.15, 0.2) is 0 Å². The maximum atomic E-state index is 13.4. The van der Waals surface area contributed by atoms with E-state index < -0.39 is 17.9 Å². The fraction of sp³-hybridized carbons (Fsp3) is 0.500. The summed E-state index contributed by atoms with van der Waals surface area (Å²) in [4.78, 5) is 65.9. The summed E-state index contributed by atoms with van der Waals surface area (Å²) < 4.78 is 7.75. The van der Waals surface area contributed by atoms with Gasteiger partial charge in [-0.15, -0.1) is 0 Å². The molecule has 6 heterocycles. The minimum atomic E-state index is -0.747. The quantitative estimate of drug-likeness (QED) is 0.159. The van der Waals surface area contributed by atoms with Crippen molar-refractivity contribution in [2.24, 2.45) is 5.92 Å². The van der Waals surface area contributed by atoms with Crippen LogP contribution in [0.5, 0.6) is 5.75 Å². The summed E-state index contributed by atoms with van der Waals surface area (Å²) in [7, 11) is 3.27. The molecule has 0 saturated carbocycles. The highest BCUT2D eigenvalue weighted by Gasteiger charge is 2.30. The van der Waals surface area contributed by atoms with Crippen molar-refractivity contribution in [3.8, 4) is 5.75 Å². The minimum Gasteiger partial charge on any atom is -0.496 e. The maximum Gasteiger partial charge on any atom is 0.274 e. The number of fused-ring (bicyclic) bond motifs is 1. The Labute approximate surface area is 338 Å². The molecule has 4 amide bonds. The zero-order chi connectivity index (χ0) is 40.2. The average Bonchev–Trinajstić information content (AvgIpc) is 3.68. The summed E-state index contributed by atoms with van der Waals surface area (Å²) >= 11 is 0. The van der Waals surface area contributed by atoms with Crippen molar-refractivity contribution in [2.75, 3.05) is 80.4 Å². The van der Waals surface area contributed by atoms with E-state index >= 15 is 0 Å². The third-order valence-corrected chi connectivity index (χ3v) is 12.1. The standard InChI is InChI=1S/C42H53N11O5/c1-43-42-44-15-10-33(47-42)40(56)46-35-22-28-26-53(49-34(28)24-36(35)52-16-4-3-5-17-52)29-13-18-50(19-14-29)25-27-11-20-51(21-12-27)30-6-7-31(37(23-30)58-2)39(55)45-32-8-9-38(54)48-41(32)57/h6-7,10,15,22-24,26-27,29,32H,3-5,8-9,11-14,16-21,25H2,1-2H3,(H,45,55)(H,46,56)(H,43,44,47)(H,48,54,57)/t32-/m0/s1. The van der Waals surface area contributed by atoms with E-state index in [4.69, 9.17) is 9.84 Å². The largest absolute Gasteiger partial charge is 0.496 e. The number of rotatable bonds is 11. The van der Waals surface area contributed by atoms with Crippen molar-refractivity contribution in [1.82, 2.24) is 35.3 Å². The highest BCUT2D eigenvalue weighted by molar-refractivity contribution is 6.07. The van der Waals surface area contributed by atoms with Crippen LogP contribution in [0.15, 0.2) is 48.8 Å². The smallest absolute Gasteiger partial charge is 0.274 e. The predicted molar refractivity (Wildman–Crippen MR) is 222 cm³/mol. The van der Waals surface area contributed by atoms with E-state index in [0.717, 1.165) is 112 Å². The van der Waals surface area contributed by atoms with Crippen LogP contribution < -0.4 is 35.8 Å². The second kappa shape index (κ2) is 17.4. The lowest BCUT2D eigenvalue weighted by atomic mass is 9.94. The van der Waals surface area contributed by atoms with Crippen LogP contribution in [0.4, 0.5) is 23.0 Å². The van der Waals surface area contributed by atoms with Crippen LogP contribution in [0.2, 0.25) is 0 Å². The molecule has 2 aromatic heterocycles. The molecule has 4 aromatic rings. The van der Waals surface area contributed by atoms with Gasteiger partial charge in [-0.05, 0) is 87.6 Å². The number of carbonyl (C=O) groups excluding carboxylic acids is 4. The summed E-state index contributed by atoms with van der Waals surface area (Å²) in [6.45, 7) is 6.86. The highest BCUT2D eigenvalue weighted by atomic mass is 16.5. The molecule has 58 heavy (non-hydrogen) atoms. The summed E-state index contributed by atoms with van der Waals surface area (Å²) in [5.41, 5.74) is 4.38. The molecule has 4 aliphatic rings. The summed E-state index contributed by atoms with van der Waals surface area (Å²) in [5, 5.41) is 17.2. The molecular formula is C42H53N11O5. The zero-order valence-corrected chi connectivity index (χ0v) is 33.3. The molecular weight excluding hydrogens is 739 g/mol. The Hall–Kier alpha value is -5.77. The van der Waals surface area contributed by atoms with Gasteiger partial charge in [0.1, 0.15) is 17.5 Å². The number of nitrogens with one attached hydrogen (secondary N) is 4. The Morgan fingerprint density at radius 3 is 2.43 bits per heavy atom. The van der Waals surface area contributed by atoms with Crippen LogP contribution in [0, 0.1) is 5.92 Å². The zero-order valence-electron chi connectivity index (χ0n) is 33.3. The number of anilines is 4. The number of amides is 4. The van der Waals surface area contributed by atoms with Gasteiger partial charge in [-0.3, -0.25) is 29.2 Å². The number of aromatic nitrogens is 4. The first-order valence-electron chi connectivity index (χ1n) is 20.6. The Bertz CT molecular complexity index is 2150. The lowest BCUT2D eigenvalue weighted by molar-refractivity contribution is -0.134. The Balaban J connectivity index is 0.854. The number of benzene rings is 2. The van der Waals surface area contributed by atoms with E-state index in [1.54, 1.807) is 32.5 Å². The monoisotopic (exact) mass is 791 g/mol. The van der Waals surface area contributed by atoms with Crippen LogP contribution in [0.25, 0.3) is 10.9 Å². The molecule has 4 fully saturated rings. The first kappa shape index (κ1) is 39.1. The van der Waals surface area contributed by atoms with Gasteiger partial charge in [-0.1, -0.05) is 0 Å². The average molecular weight is 792 g/mol. The van der Waals surface area contributed by atoms with Gasteiger partial charge in [0.2, 0.25) is 17.8 Å². The molecule has 0 unspecified atom stereocenters. The van der Waals surface area contributed by atoms with Gasteiger partial charge in [-0.2, -0.15) is 5.10 Å². The molecule has 306 valence electrons. The first-order valence-corrected chi connectivity index (χ1v) is 20.6. The van der Waals surface area contributed by atoms with E-state index in [1.165, 1.54) is 6.42 Å². The number of carbonyl (C=O) groups is 4. The Morgan fingerprint density at radius 1 is 0.897 bits per heavy atom. The molecule has 16 heteroatoms. The van der Waals surface area contributed by atoms with E-state index in [9.17, 15) is 19.2 Å². The van der Waals surface area contributed by atoms with Crippen molar-refractivity contribution >= 4 is 57.5 Å². The molecule has 8 rings (SSSR count). The van der Waals surface area contributed by atoms with Gasteiger partial charge < -0.3 is 35.4 Å². The Kier molecular flexibility index (Phi) is 11.7. The predicted octanol–water partition coefficient (Wildman–Crippen LogP) is 4.21. The maximum absolute atomic E-state index is 13.4. The number of hydrogen-bond donors (Lipinski definition) is 4. The SMILES string of the molecule is CNc1nccc(C(=O)Nc2cc3cn(C4CCN(CC5CCN(c6ccc(C(=O)N[C@H]7CCC(=O)NC7=O)c(OC)c6)CC5)CC4)nc3cc2N2CCCCC2)n1. The molecule has 0 aliphatic carbocycles. The lowest BCUT2D eigenvalue weighted by Gasteiger charge is -2.38. The van der Waals surface area contributed by atoms with Crippen LogP contribution in [-0.2, 0) is 9.59 Å². The first-order chi connectivity index (χ1) is 28.2. The van der Waals surface area contributed by atoms with E-state index in [2.05, 4.69) is 68.9 Å². The minimum absolute atomic E-state index is 0.195. The Morgan fingerprint density at radius 2 is 1.69 bits per heavy atom. The van der Waals surface area contributed by atoms with Gasteiger partial charge in [0.05, 0.1) is 35.6 Å². The molecule has 16 nitrogen and oxygen atoms in total. The molecule has 4 saturated heterocycles. The summed E-state index contributed by atoms with van der Waals surface area (Å²) in [6, 6.07) is 11.0. The molecule has 1 atom stereocenters. The molecule has 2 aromatic carbocycles. The van der Waals surface area contributed by atoms with Crippen molar-refractivity contribution in [3.05, 3.63) is 60.0 Å². The third-order valence-electron chi connectivity index (χ3n) is 12.1. The van der Waals surface area contributed by atoms with Crippen LogP contribution in [-0.4, -0.2) is 114 Å². The molecule has 0 spiro atoms. The number of methoxy groups -OCH3 is 1. The van der Waals surface area contributed by atoms with Crippen molar-refractivity contribution in [2.45, 2.75) is 69.9 Å². The third kappa shape index (κ3) is 8.71. The van der Waals surface area contributed by atoms with E-state index in [1.807, 2.05) is 12.1 Å². The molecule has 4 aliphatic heterocycles. The number of imide groups is 1. The van der Waals surface area contributed by atoms with E-state index in [-0.39, 0.29) is 24.7 Å². The fourth-order valence-electron chi connectivity index (χ4n) is 8.79. The molecule has 0 bridgehead atoms. The van der Waals surface area contributed by atoms with Gasteiger partial charge in [0, 0.05) is 88.8 Å². The second-order valence-corrected chi connectivity index (χ2v) is 15.9. The molecule has 4 N–H and O–H groups in total. The lowest BCUT2D eigenvalue weighted by Crippen LogP contribution is -2.52. The topological polar surface area (TPSA) is 179 Å². The van der Waals surface area contributed by atoms with Crippen molar-refractivity contribution < 1.29 is 23.9 Å². The van der Waals surface area contributed by atoms with Crippen LogP contribution >= 0.6 is 0 Å². The van der Waals surface area contributed by atoms with Crippen LogP contribution in [0.3, 0.4) is 0 Å². The fourth-order valence-corrected chi connectivity index (χ4v) is 8.79. The van der Waals surface area contributed by atoms with Gasteiger partial charge in [0.25, 0.3) is 11.8 Å². The second-order valence-electron chi connectivity index (χ2n) is 15.9. The van der Waals surface area contributed by atoms with Crippen molar-refractivity contribution in [1.29, 1.82) is 0 Å². The number of likely N-dealkylation sites (tertiary alicyclic amines) is 1. The van der Waals surface area contributed by atoms with Crippen LogP contribution in [0.1, 0.15) is 84.7 Å². The van der Waals surface area contributed by atoms with Crippen molar-refractivity contribution in [3.63, 3.8) is 0 Å². The van der Waals surface area contributed by atoms with E-state index in [0.29, 0.717) is 34.9 Å². The van der Waals surface area contributed by atoms with Gasteiger partial charge >= 0.3 is 0 Å². The number of hydrogen-bond acceptors (Lipinski definition) is 12. The highest BCUT2D eigenvalue weighted by Crippen LogP contribution is 2.35. The normalized spacial score (nSPS) is 19.9. The number of piperidine rings is 4. The summed E-state index contributed by atoms with van der Waals surface area (Å²) in [6.07, 6.45) is 11.9.